The zero-order valence-electron chi connectivity index (χ0n) is 18.3. The largest absolute Gasteiger partial charge is 0.467 e. The van der Waals surface area contributed by atoms with Gasteiger partial charge < -0.3 is 24.8 Å². The fourth-order valence-corrected chi connectivity index (χ4v) is 4.59. The highest BCUT2D eigenvalue weighted by molar-refractivity contribution is 7.99. The molecular weight excluding hydrogens is 430 g/mol. The van der Waals surface area contributed by atoms with Gasteiger partial charge in [0.2, 0.25) is 11.8 Å². The third kappa shape index (κ3) is 4.24. The fraction of sp³-hybridized carbons (Fsp3) is 0.455. The Balaban J connectivity index is 1.49. The molecule has 0 spiro atoms. The van der Waals surface area contributed by atoms with Crippen LogP contribution in [0.1, 0.15) is 43.5 Å². The molecule has 3 N–H and O–H groups in total. The number of carbonyl (C=O) groups excluding carboxylic acids is 2. The summed E-state index contributed by atoms with van der Waals surface area (Å²) in [6.07, 6.45) is 1.29. The third-order valence-corrected chi connectivity index (χ3v) is 6.88. The van der Waals surface area contributed by atoms with E-state index in [1.165, 1.54) is 7.11 Å². The number of nitrogens with two attached hydrogens (primary N) is 1. The Bertz CT molecular complexity index is 1130. The lowest BCUT2D eigenvalue weighted by atomic mass is 9.96. The molecule has 10 heteroatoms. The maximum atomic E-state index is 13.1. The van der Waals surface area contributed by atoms with Gasteiger partial charge in [-0.2, -0.15) is 0 Å². The molecular formula is C22H27N5O4S. The van der Waals surface area contributed by atoms with Crippen LogP contribution in [-0.2, 0) is 27.3 Å². The number of esters is 1. The molecule has 0 fully saturated rings. The normalized spacial score (nSPS) is 17.8. The number of nitrogens with zero attached hydrogens (tertiary/aromatic N) is 3. The van der Waals surface area contributed by atoms with E-state index in [4.69, 9.17) is 14.9 Å². The number of hydrogen-bond acceptors (Lipinski definition) is 8. The van der Waals surface area contributed by atoms with Gasteiger partial charge in [-0.1, -0.05) is 50.2 Å². The summed E-state index contributed by atoms with van der Waals surface area (Å²) in [4.78, 5) is 30.5. The summed E-state index contributed by atoms with van der Waals surface area (Å²) >= 11 is 1.14. The smallest absolute Gasteiger partial charge is 0.328 e. The third-order valence-electron chi connectivity index (χ3n) is 6.08. The molecule has 32 heavy (non-hydrogen) atoms. The predicted octanol–water partition coefficient (Wildman–Crippen LogP) is 2.82. The van der Waals surface area contributed by atoms with Gasteiger partial charge in [-0.05, 0) is 17.5 Å². The van der Waals surface area contributed by atoms with Gasteiger partial charge in [0.25, 0.3) is 5.22 Å². The van der Waals surface area contributed by atoms with Crippen LogP contribution in [0.25, 0.3) is 10.9 Å². The van der Waals surface area contributed by atoms with Crippen LogP contribution in [0.15, 0.2) is 33.9 Å². The SMILES string of the molecule is CC[C@@H](C)[C@H](N)c1nnc(SCC(=O)N2Cc3[nH]c4ccccc4c3C[C@@H]2C(=O)OC)o1. The van der Waals surface area contributed by atoms with Gasteiger partial charge in [0, 0.05) is 23.0 Å². The van der Waals surface area contributed by atoms with E-state index < -0.39 is 12.0 Å². The molecule has 9 nitrogen and oxygen atoms in total. The highest BCUT2D eigenvalue weighted by atomic mass is 32.2. The number of benzene rings is 1. The number of amides is 1. The summed E-state index contributed by atoms with van der Waals surface area (Å²) in [5, 5.41) is 9.37. The van der Waals surface area contributed by atoms with Gasteiger partial charge in [0.1, 0.15) is 6.04 Å². The summed E-state index contributed by atoms with van der Waals surface area (Å²) in [6.45, 7) is 4.37. The summed E-state index contributed by atoms with van der Waals surface area (Å²) in [6, 6.07) is 6.89. The van der Waals surface area contributed by atoms with Gasteiger partial charge in [-0.3, -0.25) is 4.79 Å². The van der Waals surface area contributed by atoms with Gasteiger partial charge >= 0.3 is 5.97 Å². The number of thioether (sulfide) groups is 1. The van der Waals surface area contributed by atoms with Crippen molar-refractivity contribution in [3.63, 3.8) is 0 Å². The van der Waals surface area contributed by atoms with E-state index in [1.807, 2.05) is 38.1 Å². The van der Waals surface area contributed by atoms with E-state index in [9.17, 15) is 9.59 Å². The van der Waals surface area contributed by atoms with Crippen molar-refractivity contribution in [3.05, 3.63) is 41.4 Å². The van der Waals surface area contributed by atoms with Crippen LogP contribution in [0.5, 0.6) is 0 Å². The first-order chi connectivity index (χ1) is 15.4. The lowest BCUT2D eigenvalue weighted by Gasteiger charge is -2.33. The summed E-state index contributed by atoms with van der Waals surface area (Å²) in [5.41, 5.74) is 9.11. The van der Waals surface area contributed by atoms with Crippen molar-refractivity contribution in [1.29, 1.82) is 0 Å². The van der Waals surface area contributed by atoms with Crippen molar-refractivity contribution in [1.82, 2.24) is 20.1 Å². The molecule has 0 saturated heterocycles. The zero-order valence-corrected chi connectivity index (χ0v) is 19.1. The molecule has 1 amide bonds. The number of fused-ring (bicyclic) bond motifs is 3. The highest BCUT2D eigenvalue weighted by Gasteiger charge is 2.37. The first-order valence-electron chi connectivity index (χ1n) is 10.6. The number of para-hydroxylation sites is 1. The standard InChI is InChI=1S/C22H27N5O4S/c1-4-12(2)19(23)20-25-26-22(31-20)32-11-18(28)27-10-16-14(9-17(27)21(29)30-3)13-7-5-6-8-15(13)24-16/h5-8,12,17,19,24H,4,9-11,23H2,1-3H3/t12-,17-,19+/m1/s1. The minimum Gasteiger partial charge on any atom is -0.467 e. The van der Waals surface area contributed by atoms with Crippen LogP contribution in [0.3, 0.4) is 0 Å². The van der Waals surface area contributed by atoms with E-state index in [1.54, 1.807) is 4.90 Å². The van der Waals surface area contributed by atoms with Crippen molar-refractivity contribution in [2.24, 2.45) is 11.7 Å². The number of aromatic nitrogens is 3. The first kappa shape index (κ1) is 22.3. The van der Waals surface area contributed by atoms with Crippen molar-refractivity contribution in [2.45, 2.75) is 50.5 Å². The lowest BCUT2D eigenvalue weighted by Crippen LogP contribution is -2.49. The van der Waals surface area contributed by atoms with Gasteiger partial charge in [-0.25, -0.2) is 4.79 Å². The molecule has 0 aliphatic carbocycles. The average molecular weight is 458 g/mol. The Hall–Kier alpha value is -2.85. The molecule has 2 aromatic heterocycles. The second kappa shape index (κ2) is 9.33. The van der Waals surface area contributed by atoms with Gasteiger partial charge in [0.05, 0.1) is 25.4 Å². The molecule has 0 unspecified atom stereocenters. The zero-order chi connectivity index (χ0) is 22.8. The van der Waals surface area contributed by atoms with Crippen molar-refractivity contribution in [2.75, 3.05) is 12.9 Å². The molecule has 1 aromatic carbocycles. The van der Waals surface area contributed by atoms with E-state index in [2.05, 4.69) is 15.2 Å². The molecule has 3 atom stereocenters. The minimum absolute atomic E-state index is 0.0588. The van der Waals surface area contributed by atoms with Crippen LogP contribution in [-0.4, -0.2) is 50.9 Å². The van der Waals surface area contributed by atoms with Crippen LogP contribution in [0.4, 0.5) is 0 Å². The van der Waals surface area contributed by atoms with Crippen molar-refractivity contribution < 1.29 is 18.7 Å². The number of rotatable bonds is 7. The average Bonchev–Trinajstić information content (AvgIpc) is 3.44. The number of H-pyrrole nitrogens is 1. The Morgan fingerprint density at radius 2 is 2.16 bits per heavy atom. The van der Waals surface area contributed by atoms with Gasteiger partial charge in [0.15, 0.2) is 0 Å². The fourth-order valence-electron chi connectivity index (χ4n) is 3.93. The minimum atomic E-state index is -0.683. The molecule has 1 aliphatic rings. The molecule has 4 rings (SSSR count). The number of hydrogen-bond donors (Lipinski definition) is 2. The Morgan fingerprint density at radius 3 is 2.91 bits per heavy atom. The number of methoxy groups -OCH3 is 1. The maximum Gasteiger partial charge on any atom is 0.328 e. The van der Waals surface area contributed by atoms with Crippen LogP contribution >= 0.6 is 11.8 Å². The molecule has 170 valence electrons. The Kier molecular flexibility index (Phi) is 6.52. The van der Waals surface area contributed by atoms with Crippen LogP contribution < -0.4 is 5.73 Å². The Labute approximate surface area is 190 Å². The quantitative estimate of drug-likeness (QED) is 0.409. The number of carbonyl (C=O) groups is 2. The number of ether oxygens (including phenoxy) is 1. The van der Waals surface area contributed by atoms with Gasteiger partial charge in [-0.15, -0.1) is 10.2 Å². The van der Waals surface area contributed by atoms with Crippen LogP contribution in [0, 0.1) is 5.92 Å². The highest BCUT2D eigenvalue weighted by Crippen LogP contribution is 2.31. The van der Waals surface area contributed by atoms with E-state index in [0.29, 0.717) is 18.9 Å². The number of aromatic amines is 1. The topological polar surface area (TPSA) is 127 Å². The molecule has 3 heterocycles. The molecule has 0 radical (unpaired) electrons. The monoisotopic (exact) mass is 457 g/mol. The maximum absolute atomic E-state index is 13.1. The van der Waals surface area contributed by atoms with Crippen molar-refractivity contribution in [3.8, 4) is 0 Å². The second-order valence-corrected chi connectivity index (χ2v) is 8.93. The number of nitrogens with one attached hydrogen (secondary N) is 1. The summed E-state index contributed by atoms with van der Waals surface area (Å²) < 4.78 is 10.6. The molecule has 0 saturated carbocycles. The summed E-state index contributed by atoms with van der Waals surface area (Å²) in [5.74, 6) is -0.0138. The Morgan fingerprint density at radius 1 is 1.38 bits per heavy atom. The van der Waals surface area contributed by atoms with E-state index in [0.717, 1.165) is 40.3 Å². The predicted molar refractivity (Wildman–Crippen MR) is 120 cm³/mol. The van der Waals surface area contributed by atoms with E-state index >= 15 is 0 Å². The lowest BCUT2D eigenvalue weighted by molar-refractivity contribution is -0.153. The van der Waals surface area contributed by atoms with Crippen molar-refractivity contribution >= 4 is 34.5 Å². The molecule has 1 aliphatic heterocycles. The summed E-state index contributed by atoms with van der Waals surface area (Å²) in [7, 11) is 1.34. The molecule has 3 aromatic rings. The van der Waals surface area contributed by atoms with E-state index in [-0.39, 0.29) is 28.8 Å². The second-order valence-electron chi connectivity index (χ2n) is 8.00. The first-order valence-corrected chi connectivity index (χ1v) is 11.6. The van der Waals surface area contributed by atoms with Crippen LogP contribution in [0.2, 0.25) is 0 Å². The molecule has 0 bridgehead atoms.